The molecule has 1 aliphatic carbocycles. The zero-order chi connectivity index (χ0) is 23.2. The molecule has 2 aliphatic rings. The number of ether oxygens (including phenoxy) is 1. The van der Waals surface area contributed by atoms with E-state index in [1.807, 2.05) is 18.2 Å². The summed E-state index contributed by atoms with van der Waals surface area (Å²) in [4.78, 5) is 13.4. The van der Waals surface area contributed by atoms with Gasteiger partial charge in [0.15, 0.2) is 5.78 Å². The van der Waals surface area contributed by atoms with E-state index in [0.717, 1.165) is 51.5 Å². The molecule has 0 aromatic heterocycles. The van der Waals surface area contributed by atoms with Gasteiger partial charge in [-0.3, -0.25) is 4.79 Å². The monoisotopic (exact) mass is 438 g/mol. The highest BCUT2D eigenvalue weighted by Gasteiger charge is 2.38. The molecule has 1 unspecified atom stereocenters. The maximum atomic E-state index is 13.4. The number of benzene rings is 3. The van der Waals surface area contributed by atoms with Crippen LogP contribution in [-0.2, 0) is 4.79 Å². The molecule has 33 heavy (non-hydrogen) atoms. The number of rotatable bonds is 3. The van der Waals surface area contributed by atoms with Gasteiger partial charge in [-0.25, -0.2) is 0 Å². The number of nitrogens with one attached hydrogen (secondary N) is 2. The highest BCUT2D eigenvalue weighted by Crippen LogP contribution is 2.46. The predicted molar refractivity (Wildman–Crippen MR) is 135 cm³/mol. The molecule has 0 radical (unpaired) electrons. The first kappa shape index (κ1) is 21.3. The normalized spacial score (nSPS) is 19.0. The Labute approximate surface area is 195 Å². The second-order valence-corrected chi connectivity index (χ2v) is 9.91. The van der Waals surface area contributed by atoms with Crippen molar-refractivity contribution < 1.29 is 9.53 Å². The number of methoxy groups -OCH3 is 1. The lowest BCUT2D eigenvalue weighted by molar-refractivity contribution is -0.118. The van der Waals surface area contributed by atoms with Gasteiger partial charge in [0.05, 0.1) is 24.5 Å². The third kappa shape index (κ3) is 4.02. The molecule has 0 bridgehead atoms. The fraction of sp³-hybridized carbons (Fsp3) is 0.276. The summed E-state index contributed by atoms with van der Waals surface area (Å²) < 4.78 is 5.60. The fourth-order valence-corrected chi connectivity index (χ4v) is 5.00. The van der Waals surface area contributed by atoms with E-state index in [-0.39, 0.29) is 17.2 Å². The topological polar surface area (TPSA) is 50.4 Å². The molecule has 168 valence electrons. The Morgan fingerprint density at radius 2 is 1.70 bits per heavy atom. The number of hydrogen-bond acceptors (Lipinski definition) is 4. The second-order valence-electron chi connectivity index (χ2n) is 9.91. The molecule has 5 rings (SSSR count). The highest BCUT2D eigenvalue weighted by molar-refractivity contribution is 6.01. The minimum Gasteiger partial charge on any atom is -0.496 e. The molecule has 0 saturated carbocycles. The Kier molecular flexibility index (Phi) is 5.24. The van der Waals surface area contributed by atoms with E-state index >= 15 is 0 Å². The molecule has 4 heteroatoms. The van der Waals surface area contributed by atoms with Gasteiger partial charge in [0.25, 0.3) is 0 Å². The number of allylic oxidation sites excluding steroid dienone is 1. The van der Waals surface area contributed by atoms with Crippen LogP contribution in [0, 0.1) is 12.3 Å². The number of para-hydroxylation sites is 1. The lowest BCUT2D eigenvalue weighted by atomic mass is 9.73. The third-order valence-electron chi connectivity index (χ3n) is 6.64. The quantitative estimate of drug-likeness (QED) is 0.467. The SMILES string of the molecule is COc1ccccc1-c1ccc2c(c1)NC(c1ccc(C)cc1)C1=C(CC(C)(C)CC1=O)N2. The van der Waals surface area contributed by atoms with Crippen LogP contribution in [0.25, 0.3) is 11.1 Å². The van der Waals surface area contributed by atoms with Gasteiger partial charge in [0.2, 0.25) is 0 Å². The Hall–Kier alpha value is -3.53. The highest BCUT2D eigenvalue weighted by atomic mass is 16.5. The van der Waals surface area contributed by atoms with Gasteiger partial charge in [0.1, 0.15) is 5.75 Å². The van der Waals surface area contributed by atoms with Gasteiger partial charge in [-0.05, 0) is 48.1 Å². The number of anilines is 2. The summed E-state index contributed by atoms with van der Waals surface area (Å²) in [6, 6.07) is 22.7. The lowest BCUT2D eigenvalue weighted by Crippen LogP contribution is -2.31. The van der Waals surface area contributed by atoms with Crippen molar-refractivity contribution in [3.63, 3.8) is 0 Å². The van der Waals surface area contributed by atoms with E-state index < -0.39 is 0 Å². The number of carbonyl (C=O) groups excluding carboxylic acids is 1. The summed E-state index contributed by atoms with van der Waals surface area (Å²) in [6.45, 7) is 6.42. The van der Waals surface area contributed by atoms with Crippen LogP contribution in [0.3, 0.4) is 0 Å². The molecule has 3 aromatic rings. The van der Waals surface area contributed by atoms with E-state index in [9.17, 15) is 4.79 Å². The largest absolute Gasteiger partial charge is 0.496 e. The first-order chi connectivity index (χ1) is 15.8. The van der Waals surface area contributed by atoms with Crippen LogP contribution < -0.4 is 15.4 Å². The zero-order valence-electron chi connectivity index (χ0n) is 19.7. The van der Waals surface area contributed by atoms with Gasteiger partial charge >= 0.3 is 0 Å². The molecule has 0 saturated heterocycles. The molecule has 1 atom stereocenters. The van der Waals surface area contributed by atoms with Crippen molar-refractivity contribution in [2.24, 2.45) is 5.41 Å². The maximum Gasteiger partial charge on any atom is 0.163 e. The molecule has 0 fully saturated rings. The summed E-state index contributed by atoms with van der Waals surface area (Å²) in [5.74, 6) is 1.05. The van der Waals surface area contributed by atoms with Gasteiger partial charge in [-0.1, -0.05) is 67.9 Å². The number of Topliss-reactive ketones (excluding diaryl/α,β-unsaturated/α-hetero) is 1. The molecule has 2 N–H and O–H groups in total. The van der Waals surface area contributed by atoms with E-state index in [2.05, 4.69) is 79.9 Å². The lowest BCUT2D eigenvalue weighted by Gasteiger charge is -2.34. The fourth-order valence-electron chi connectivity index (χ4n) is 5.00. The van der Waals surface area contributed by atoms with E-state index in [4.69, 9.17) is 4.74 Å². The number of fused-ring (bicyclic) bond motifs is 1. The number of ketones is 1. The van der Waals surface area contributed by atoms with Gasteiger partial charge in [-0.2, -0.15) is 0 Å². The van der Waals surface area contributed by atoms with Crippen LogP contribution in [0.15, 0.2) is 78.0 Å². The van der Waals surface area contributed by atoms with Crippen molar-refractivity contribution in [3.05, 3.63) is 89.1 Å². The van der Waals surface area contributed by atoms with Crippen LogP contribution in [0.2, 0.25) is 0 Å². The molecule has 0 amide bonds. The molecule has 4 nitrogen and oxygen atoms in total. The Balaban J connectivity index is 1.64. The summed E-state index contributed by atoms with van der Waals surface area (Å²) >= 11 is 0. The maximum absolute atomic E-state index is 13.4. The second kappa shape index (κ2) is 8.11. The van der Waals surface area contributed by atoms with Crippen molar-refractivity contribution in [1.29, 1.82) is 0 Å². The summed E-state index contributed by atoms with van der Waals surface area (Å²) in [5.41, 5.74) is 8.18. The minimum absolute atomic E-state index is 0.0669. The molecular formula is C29H30N2O2. The van der Waals surface area contributed by atoms with Crippen molar-refractivity contribution in [1.82, 2.24) is 0 Å². The van der Waals surface area contributed by atoms with Crippen molar-refractivity contribution in [2.75, 3.05) is 17.7 Å². The smallest absolute Gasteiger partial charge is 0.163 e. The van der Waals surface area contributed by atoms with Gasteiger partial charge < -0.3 is 15.4 Å². The van der Waals surface area contributed by atoms with Crippen LogP contribution in [0.1, 0.15) is 43.9 Å². The summed E-state index contributed by atoms with van der Waals surface area (Å²) in [6.07, 6.45) is 1.40. The summed E-state index contributed by atoms with van der Waals surface area (Å²) in [7, 11) is 1.70. The van der Waals surface area contributed by atoms with E-state index in [1.54, 1.807) is 7.11 Å². The average Bonchev–Trinajstić information content (AvgIpc) is 2.94. The Morgan fingerprint density at radius 3 is 2.45 bits per heavy atom. The Morgan fingerprint density at radius 1 is 0.939 bits per heavy atom. The van der Waals surface area contributed by atoms with Crippen LogP contribution in [-0.4, -0.2) is 12.9 Å². The van der Waals surface area contributed by atoms with Crippen molar-refractivity contribution >= 4 is 17.2 Å². The van der Waals surface area contributed by atoms with E-state index in [1.165, 1.54) is 5.56 Å². The van der Waals surface area contributed by atoms with Crippen molar-refractivity contribution in [3.8, 4) is 16.9 Å². The third-order valence-corrected chi connectivity index (χ3v) is 6.64. The summed E-state index contributed by atoms with van der Waals surface area (Å²) in [5, 5.41) is 7.35. The van der Waals surface area contributed by atoms with Crippen LogP contribution in [0.4, 0.5) is 11.4 Å². The molecule has 1 heterocycles. The molecule has 0 spiro atoms. The number of hydrogen-bond donors (Lipinski definition) is 2. The molecule has 1 aliphatic heterocycles. The minimum atomic E-state index is -0.203. The van der Waals surface area contributed by atoms with Crippen molar-refractivity contribution in [2.45, 2.75) is 39.7 Å². The Bertz CT molecular complexity index is 1250. The number of aryl methyl sites for hydroxylation is 1. The zero-order valence-corrected chi connectivity index (χ0v) is 19.7. The standard InChI is InChI=1S/C29H30N2O2/c1-18-9-11-19(12-10-18)28-27-24(16-29(2,3)17-25(27)32)30-22-14-13-20(15-23(22)31-28)21-7-5-6-8-26(21)33-4/h5-15,28,30-31H,16-17H2,1-4H3. The predicted octanol–water partition coefficient (Wildman–Crippen LogP) is 6.89. The number of carbonyl (C=O) groups is 1. The first-order valence-corrected chi connectivity index (χ1v) is 11.5. The first-order valence-electron chi connectivity index (χ1n) is 11.5. The molecule has 3 aromatic carbocycles. The van der Waals surface area contributed by atoms with Crippen LogP contribution >= 0.6 is 0 Å². The molecular weight excluding hydrogens is 408 g/mol. The van der Waals surface area contributed by atoms with Gasteiger partial charge in [-0.15, -0.1) is 0 Å². The van der Waals surface area contributed by atoms with Gasteiger partial charge in [0, 0.05) is 23.3 Å². The average molecular weight is 439 g/mol. The van der Waals surface area contributed by atoms with Crippen LogP contribution in [0.5, 0.6) is 5.75 Å². The van der Waals surface area contributed by atoms with E-state index in [0.29, 0.717) is 6.42 Å².